The van der Waals surface area contributed by atoms with Crippen LogP contribution < -0.4 is 5.32 Å². The number of hydrogen-bond donors (Lipinski definition) is 1. The van der Waals surface area contributed by atoms with Gasteiger partial charge in [-0.1, -0.05) is 18.9 Å². The zero-order valence-corrected chi connectivity index (χ0v) is 13.5. The quantitative estimate of drug-likeness (QED) is 0.791. The predicted molar refractivity (Wildman–Crippen MR) is 89.3 cm³/mol. The van der Waals surface area contributed by atoms with E-state index >= 15 is 0 Å². The molecule has 0 spiro atoms. The van der Waals surface area contributed by atoms with Gasteiger partial charge in [0.25, 0.3) is 5.91 Å². The van der Waals surface area contributed by atoms with Crippen molar-refractivity contribution in [3.8, 4) is 0 Å². The first-order chi connectivity index (χ1) is 10.8. The Hall–Kier alpha value is -1.79. The minimum Gasteiger partial charge on any atom is -0.342 e. The number of fused-ring (bicyclic) bond motifs is 1. The minimum absolute atomic E-state index is 0.0230. The summed E-state index contributed by atoms with van der Waals surface area (Å²) in [5.74, 6) is -0.0230. The fourth-order valence-electron chi connectivity index (χ4n) is 3.18. The Kier molecular flexibility index (Phi) is 3.43. The van der Waals surface area contributed by atoms with Gasteiger partial charge >= 0.3 is 0 Å². The van der Waals surface area contributed by atoms with Gasteiger partial charge in [0.05, 0.1) is 17.3 Å². The Morgan fingerprint density at radius 2 is 1.95 bits per heavy atom. The number of carbonyl (C=O) groups excluding carboxylic acids is 1. The van der Waals surface area contributed by atoms with Gasteiger partial charge in [-0.3, -0.25) is 4.79 Å². The van der Waals surface area contributed by atoms with Gasteiger partial charge in [0.2, 0.25) is 0 Å². The Balaban J connectivity index is 1.64. The number of rotatable bonds is 3. The summed E-state index contributed by atoms with van der Waals surface area (Å²) in [6.07, 6.45) is 4.35. The molecular formula is C16H15N3OS2. The van der Waals surface area contributed by atoms with Crippen LogP contribution in [0.25, 0.3) is 11.0 Å². The van der Waals surface area contributed by atoms with Crippen molar-refractivity contribution >= 4 is 40.0 Å². The van der Waals surface area contributed by atoms with E-state index in [0.717, 1.165) is 36.7 Å². The lowest BCUT2D eigenvalue weighted by Crippen LogP contribution is -2.43. The summed E-state index contributed by atoms with van der Waals surface area (Å²) >= 11 is 2.90. The third-order valence-electron chi connectivity index (χ3n) is 4.32. The number of nitrogens with zero attached hydrogens (tertiary/aromatic N) is 2. The number of thiophene rings is 1. The summed E-state index contributed by atoms with van der Waals surface area (Å²) in [5.41, 5.74) is 2.09. The molecule has 1 N–H and O–H groups in total. The second-order valence-electron chi connectivity index (χ2n) is 5.69. The standard InChI is InChI=1S/C16H15N3OS2/c20-15(11-5-6-12-13(10-11)19-22-18-12)17-16(7-1-2-8-16)14-4-3-9-21-14/h3-6,9-10H,1-2,7-8H2,(H,17,20). The van der Waals surface area contributed by atoms with E-state index in [1.807, 2.05) is 18.2 Å². The fraction of sp³-hybridized carbons (Fsp3) is 0.312. The zero-order valence-electron chi connectivity index (χ0n) is 11.9. The molecule has 1 aromatic carbocycles. The van der Waals surface area contributed by atoms with Crippen molar-refractivity contribution in [2.24, 2.45) is 0 Å². The highest BCUT2D eigenvalue weighted by Gasteiger charge is 2.38. The molecule has 1 fully saturated rings. The zero-order chi connectivity index (χ0) is 15.0. The Morgan fingerprint density at radius 1 is 1.14 bits per heavy atom. The molecule has 0 unspecified atom stereocenters. The first-order valence-corrected chi connectivity index (χ1v) is 8.97. The summed E-state index contributed by atoms with van der Waals surface area (Å²) in [6.45, 7) is 0. The van der Waals surface area contributed by atoms with E-state index in [2.05, 4.69) is 31.6 Å². The molecule has 0 aliphatic heterocycles. The van der Waals surface area contributed by atoms with Crippen LogP contribution >= 0.6 is 23.1 Å². The normalized spacial score (nSPS) is 16.9. The van der Waals surface area contributed by atoms with Crippen molar-refractivity contribution in [2.45, 2.75) is 31.2 Å². The molecule has 0 radical (unpaired) electrons. The van der Waals surface area contributed by atoms with E-state index < -0.39 is 0 Å². The van der Waals surface area contributed by atoms with Crippen LogP contribution in [0.15, 0.2) is 35.7 Å². The lowest BCUT2D eigenvalue weighted by atomic mass is 9.94. The van der Waals surface area contributed by atoms with E-state index in [9.17, 15) is 4.79 Å². The highest BCUT2D eigenvalue weighted by Crippen LogP contribution is 2.41. The number of hydrogen-bond acceptors (Lipinski definition) is 5. The number of carbonyl (C=O) groups is 1. The Morgan fingerprint density at radius 3 is 2.73 bits per heavy atom. The van der Waals surface area contributed by atoms with Crippen LogP contribution in [0.4, 0.5) is 0 Å². The van der Waals surface area contributed by atoms with E-state index in [1.54, 1.807) is 11.3 Å². The van der Waals surface area contributed by atoms with Crippen molar-refractivity contribution in [3.63, 3.8) is 0 Å². The second-order valence-corrected chi connectivity index (χ2v) is 7.16. The minimum atomic E-state index is -0.194. The van der Waals surface area contributed by atoms with E-state index in [-0.39, 0.29) is 11.4 Å². The monoisotopic (exact) mass is 329 g/mol. The molecule has 1 aliphatic carbocycles. The van der Waals surface area contributed by atoms with Gasteiger partial charge in [0, 0.05) is 10.4 Å². The summed E-state index contributed by atoms with van der Waals surface area (Å²) in [4.78, 5) is 14.0. The topological polar surface area (TPSA) is 54.9 Å². The smallest absolute Gasteiger partial charge is 0.252 e. The molecule has 0 bridgehead atoms. The van der Waals surface area contributed by atoms with Crippen molar-refractivity contribution in [1.82, 2.24) is 14.1 Å². The number of amides is 1. The van der Waals surface area contributed by atoms with Crippen LogP contribution in [0.5, 0.6) is 0 Å². The lowest BCUT2D eigenvalue weighted by Gasteiger charge is -2.29. The highest BCUT2D eigenvalue weighted by molar-refractivity contribution is 7.10. The molecule has 22 heavy (non-hydrogen) atoms. The SMILES string of the molecule is O=C(NC1(c2cccs2)CCCC1)c1ccc2nsnc2c1. The molecule has 1 saturated carbocycles. The van der Waals surface area contributed by atoms with Crippen LogP contribution in [0, 0.1) is 0 Å². The van der Waals surface area contributed by atoms with Crippen molar-refractivity contribution < 1.29 is 4.79 Å². The van der Waals surface area contributed by atoms with Gasteiger partial charge in [0.15, 0.2) is 0 Å². The summed E-state index contributed by atoms with van der Waals surface area (Å²) in [5, 5.41) is 5.37. The molecule has 0 saturated heterocycles. The van der Waals surface area contributed by atoms with Crippen LogP contribution in [0.1, 0.15) is 40.9 Å². The second kappa shape index (κ2) is 5.44. The van der Waals surface area contributed by atoms with Gasteiger partial charge in [-0.2, -0.15) is 8.75 Å². The van der Waals surface area contributed by atoms with Gasteiger partial charge < -0.3 is 5.32 Å². The first-order valence-electron chi connectivity index (χ1n) is 7.36. The Labute approximate surface area is 136 Å². The van der Waals surface area contributed by atoms with Gasteiger partial charge in [-0.25, -0.2) is 0 Å². The third-order valence-corrected chi connectivity index (χ3v) is 5.95. The van der Waals surface area contributed by atoms with E-state index in [4.69, 9.17) is 0 Å². The maximum absolute atomic E-state index is 12.7. The molecule has 3 aromatic rings. The summed E-state index contributed by atoms with van der Waals surface area (Å²) in [7, 11) is 0. The molecule has 4 rings (SSSR count). The third kappa shape index (κ3) is 2.32. The first kappa shape index (κ1) is 13.8. The van der Waals surface area contributed by atoms with Crippen LogP contribution in [-0.2, 0) is 5.54 Å². The molecule has 2 heterocycles. The van der Waals surface area contributed by atoms with E-state index in [1.165, 1.54) is 16.6 Å². The average molecular weight is 329 g/mol. The van der Waals surface area contributed by atoms with Crippen LogP contribution in [-0.4, -0.2) is 14.7 Å². The average Bonchev–Trinajstić information content (AvgIpc) is 3.27. The van der Waals surface area contributed by atoms with Gasteiger partial charge in [0.1, 0.15) is 11.0 Å². The number of nitrogens with one attached hydrogen (secondary N) is 1. The fourth-order valence-corrected chi connectivity index (χ4v) is 4.63. The molecule has 1 amide bonds. The molecule has 2 aromatic heterocycles. The molecule has 112 valence electrons. The summed E-state index contributed by atoms with van der Waals surface area (Å²) in [6, 6.07) is 9.70. The van der Waals surface area contributed by atoms with Crippen LogP contribution in [0.3, 0.4) is 0 Å². The number of benzene rings is 1. The van der Waals surface area contributed by atoms with E-state index in [0.29, 0.717) is 5.56 Å². The molecule has 0 atom stereocenters. The van der Waals surface area contributed by atoms with Crippen LogP contribution in [0.2, 0.25) is 0 Å². The number of aromatic nitrogens is 2. The largest absolute Gasteiger partial charge is 0.342 e. The van der Waals surface area contributed by atoms with Gasteiger partial charge in [-0.15, -0.1) is 11.3 Å². The maximum atomic E-state index is 12.7. The molecular weight excluding hydrogens is 314 g/mol. The highest BCUT2D eigenvalue weighted by atomic mass is 32.1. The lowest BCUT2D eigenvalue weighted by molar-refractivity contribution is 0.0900. The van der Waals surface area contributed by atoms with Crippen molar-refractivity contribution in [1.29, 1.82) is 0 Å². The maximum Gasteiger partial charge on any atom is 0.252 e. The predicted octanol–water partition coefficient (Wildman–Crippen LogP) is 3.95. The Bertz CT molecular complexity index is 804. The molecule has 1 aliphatic rings. The summed E-state index contributed by atoms with van der Waals surface area (Å²) < 4.78 is 8.39. The van der Waals surface area contributed by atoms with Crippen molar-refractivity contribution in [2.75, 3.05) is 0 Å². The molecule has 6 heteroatoms. The van der Waals surface area contributed by atoms with Crippen molar-refractivity contribution in [3.05, 3.63) is 46.2 Å². The van der Waals surface area contributed by atoms with Gasteiger partial charge in [-0.05, 0) is 42.5 Å². The molecule has 4 nitrogen and oxygen atoms in total.